The molecule has 0 bridgehead atoms. The van der Waals surface area contributed by atoms with Crippen LogP contribution >= 0.6 is 15.9 Å². The summed E-state index contributed by atoms with van der Waals surface area (Å²) in [5.74, 6) is 0.838. The Bertz CT molecular complexity index is 186. The summed E-state index contributed by atoms with van der Waals surface area (Å²) in [7, 11) is 0. The molecule has 1 saturated carbocycles. The number of halogens is 1. The Morgan fingerprint density at radius 2 is 2.14 bits per heavy atom. The molecule has 0 amide bonds. The molecule has 3 heteroatoms. The fourth-order valence-corrected chi connectivity index (χ4v) is 2.85. The molecule has 0 aromatic heterocycles. The summed E-state index contributed by atoms with van der Waals surface area (Å²) < 4.78 is 11.4. The molecule has 4 atom stereocenters. The molecule has 2 nitrogen and oxygen atoms in total. The zero-order valence-corrected chi connectivity index (χ0v) is 10.3. The first-order valence-corrected chi connectivity index (χ1v) is 6.54. The summed E-state index contributed by atoms with van der Waals surface area (Å²) in [6.07, 6.45) is 5.93. The van der Waals surface area contributed by atoms with Gasteiger partial charge in [-0.3, -0.25) is 0 Å². The van der Waals surface area contributed by atoms with Gasteiger partial charge in [0, 0.05) is 0 Å². The molecule has 0 aromatic rings. The maximum absolute atomic E-state index is 6.06. The highest BCUT2D eigenvalue weighted by Crippen LogP contribution is 2.29. The van der Waals surface area contributed by atoms with Gasteiger partial charge in [-0.15, -0.1) is 0 Å². The van der Waals surface area contributed by atoms with E-state index in [-0.39, 0.29) is 6.10 Å². The van der Waals surface area contributed by atoms with E-state index < -0.39 is 0 Å². The third-order valence-corrected chi connectivity index (χ3v) is 4.07. The molecule has 1 saturated heterocycles. The second kappa shape index (κ2) is 4.95. The number of alkyl halides is 1. The Morgan fingerprint density at radius 1 is 1.29 bits per heavy atom. The lowest BCUT2D eigenvalue weighted by Gasteiger charge is -2.29. The number of hydrogen-bond donors (Lipinski definition) is 0. The maximum Gasteiger partial charge on any atom is 0.0959 e. The lowest BCUT2D eigenvalue weighted by atomic mass is 9.88. The van der Waals surface area contributed by atoms with Crippen LogP contribution in [0.15, 0.2) is 0 Å². The van der Waals surface area contributed by atoms with Crippen LogP contribution < -0.4 is 0 Å². The molecule has 0 radical (unpaired) electrons. The minimum atomic E-state index is 0.283. The Labute approximate surface area is 94.5 Å². The fourth-order valence-electron chi connectivity index (χ4n) is 2.38. The van der Waals surface area contributed by atoms with Crippen molar-refractivity contribution in [2.24, 2.45) is 5.92 Å². The first-order valence-electron chi connectivity index (χ1n) is 5.63. The molecule has 0 spiro atoms. The first-order chi connectivity index (χ1) is 6.75. The summed E-state index contributed by atoms with van der Waals surface area (Å²) in [5, 5.41) is 0. The molecule has 2 aliphatic rings. The van der Waals surface area contributed by atoms with Crippen LogP contribution in [0.2, 0.25) is 0 Å². The topological polar surface area (TPSA) is 18.5 Å². The minimum absolute atomic E-state index is 0.283. The molecule has 1 heterocycles. The van der Waals surface area contributed by atoms with Crippen LogP contribution in [0.25, 0.3) is 0 Å². The molecule has 0 aromatic carbocycles. The quantitative estimate of drug-likeness (QED) is 0.713. The molecule has 0 N–H and O–H groups in total. The van der Waals surface area contributed by atoms with Crippen molar-refractivity contribution in [1.29, 1.82) is 0 Å². The predicted octanol–water partition coefficient (Wildman–Crippen LogP) is 2.74. The summed E-state index contributed by atoms with van der Waals surface area (Å²) in [6.45, 7) is 3.89. The van der Waals surface area contributed by atoms with Crippen molar-refractivity contribution in [1.82, 2.24) is 0 Å². The molecule has 2 fully saturated rings. The van der Waals surface area contributed by atoms with E-state index in [1.165, 1.54) is 25.7 Å². The van der Waals surface area contributed by atoms with E-state index in [1.807, 2.05) is 0 Å². The maximum atomic E-state index is 6.06. The average Bonchev–Trinajstić information content (AvgIpc) is 2.52. The molecular formula is C11H19BrO2. The van der Waals surface area contributed by atoms with Crippen molar-refractivity contribution >= 4 is 15.9 Å². The molecule has 4 unspecified atom stereocenters. The average molecular weight is 263 g/mol. The second-order valence-electron chi connectivity index (χ2n) is 4.62. The van der Waals surface area contributed by atoms with E-state index in [1.54, 1.807) is 0 Å². The summed E-state index contributed by atoms with van der Waals surface area (Å²) in [5.41, 5.74) is 0. The van der Waals surface area contributed by atoms with Gasteiger partial charge >= 0.3 is 0 Å². The van der Waals surface area contributed by atoms with Gasteiger partial charge in [0.2, 0.25) is 0 Å². The van der Waals surface area contributed by atoms with Gasteiger partial charge in [-0.1, -0.05) is 35.7 Å². The van der Waals surface area contributed by atoms with Crippen LogP contribution in [0.1, 0.15) is 32.6 Å². The van der Waals surface area contributed by atoms with Crippen LogP contribution in [-0.4, -0.2) is 30.2 Å². The largest absolute Gasteiger partial charge is 0.377 e. The zero-order chi connectivity index (χ0) is 9.97. The van der Waals surface area contributed by atoms with Crippen molar-refractivity contribution in [3.63, 3.8) is 0 Å². The Balaban J connectivity index is 1.78. The van der Waals surface area contributed by atoms with Crippen LogP contribution in [0.3, 0.4) is 0 Å². The molecule has 14 heavy (non-hydrogen) atoms. The third-order valence-electron chi connectivity index (χ3n) is 3.22. The van der Waals surface area contributed by atoms with Crippen molar-refractivity contribution in [2.75, 3.05) is 13.2 Å². The van der Waals surface area contributed by atoms with Gasteiger partial charge in [0.15, 0.2) is 0 Å². The van der Waals surface area contributed by atoms with Crippen LogP contribution in [0, 0.1) is 5.92 Å². The Morgan fingerprint density at radius 3 is 2.79 bits per heavy atom. The van der Waals surface area contributed by atoms with E-state index in [0.29, 0.717) is 10.9 Å². The summed E-state index contributed by atoms with van der Waals surface area (Å²) in [6, 6.07) is 0. The van der Waals surface area contributed by atoms with Crippen molar-refractivity contribution in [3.05, 3.63) is 0 Å². The van der Waals surface area contributed by atoms with Gasteiger partial charge in [0.25, 0.3) is 0 Å². The minimum Gasteiger partial charge on any atom is -0.377 e. The van der Waals surface area contributed by atoms with Crippen LogP contribution in [-0.2, 0) is 9.47 Å². The van der Waals surface area contributed by atoms with Gasteiger partial charge < -0.3 is 9.47 Å². The van der Waals surface area contributed by atoms with Gasteiger partial charge in [-0.2, -0.15) is 0 Å². The second-order valence-corrected chi connectivity index (χ2v) is 5.80. The number of ether oxygens (including phenoxy) is 2. The molecule has 82 valence electrons. The van der Waals surface area contributed by atoms with Gasteiger partial charge in [0.1, 0.15) is 0 Å². The van der Waals surface area contributed by atoms with Gasteiger partial charge in [-0.05, 0) is 18.8 Å². The molecule has 1 aliphatic carbocycles. The Hall–Kier alpha value is 0.400. The zero-order valence-electron chi connectivity index (χ0n) is 8.75. The lowest BCUT2D eigenvalue weighted by molar-refractivity contribution is -0.0384. The van der Waals surface area contributed by atoms with Crippen molar-refractivity contribution in [3.8, 4) is 0 Å². The fraction of sp³-hybridized carbons (Fsp3) is 1.00. The van der Waals surface area contributed by atoms with E-state index in [9.17, 15) is 0 Å². The summed E-state index contributed by atoms with van der Waals surface area (Å²) in [4.78, 5) is 0.403. The SMILES string of the molecule is CC1CCCC(OC2COCC2Br)C1. The van der Waals surface area contributed by atoms with Crippen LogP contribution in [0.5, 0.6) is 0 Å². The summed E-state index contributed by atoms with van der Waals surface area (Å²) >= 11 is 3.60. The number of rotatable bonds is 2. The lowest BCUT2D eigenvalue weighted by Crippen LogP contribution is -2.31. The van der Waals surface area contributed by atoms with Crippen molar-refractivity contribution < 1.29 is 9.47 Å². The molecule has 1 aliphatic heterocycles. The van der Waals surface area contributed by atoms with Crippen molar-refractivity contribution in [2.45, 2.75) is 49.6 Å². The Kier molecular flexibility index (Phi) is 3.86. The highest BCUT2D eigenvalue weighted by molar-refractivity contribution is 9.09. The monoisotopic (exact) mass is 262 g/mol. The normalized spacial score (nSPS) is 44.1. The van der Waals surface area contributed by atoms with E-state index >= 15 is 0 Å². The molecular weight excluding hydrogens is 244 g/mol. The van der Waals surface area contributed by atoms with E-state index in [0.717, 1.165) is 19.1 Å². The van der Waals surface area contributed by atoms with E-state index in [4.69, 9.17) is 9.47 Å². The van der Waals surface area contributed by atoms with Crippen LogP contribution in [0.4, 0.5) is 0 Å². The highest BCUT2D eigenvalue weighted by Gasteiger charge is 2.30. The first kappa shape index (κ1) is 10.9. The third kappa shape index (κ3) is 2.71. The van der Waals surface area contributed by atoms with Gasteiger partial charge in [-0.25, -0.2) is 0 Å². The van der Waals surface area contributed by atoms with E-state index in [2.05, 4.69) is 22.9 Å². The molecule has 2 rings (SSSR count). The highest BCUT2D eigenvalue weighted by atomic mass is 79.9. The predicted molar refractivity (Wildman–Crippen MR) is 59.8 cm³/mol. The number of hydrogen-bond acceptors (Lipinski definition) is 2. The standard InChI is InChI=1S/C11H19BrO2/c1-8-3-2-4-9(5-8)14-11-7-13-6-10(11)12/h8-11H,2-7H2,1H3. The smallest absolute Gasteiger partial charge is 0.0959 e. The van der Waals surface area contributed by atoms with Gasteiger partial charge in [0.05, 0.1) is 30.2 Å².